The zero-order valence-corrected chi connectivity index (χ0v) is 15.1. The minimum absolute atomic E-state index is 0.151. The number of unbranched alkanes of at least 4 members (excludes halogenated alkanes) is 1. The maximum atomic E-state index is 14.2. The van der Waals surface area contributed by atoms with Crippen LogP contribution in [0.3, 0.4) is 0 Å². The van der Waals surface area contributed by atoms with Crippen LogP contribution in [-0.4, -0.2) is 66.1 Å². The smallest absolute Gasteiger partial charge is 0.245 e. The van der Waals surface area contributed by atoms with Gasteiger partial charge in [-0.05, 0) is 33.5 Å². The predicted molar refractivity (Wildman–Crippen MR) is 87.1 cm³/mol. The number of methoxy groups -OCH3 is 2. The molecular weight excluding hydrogens is 323 g/mol. The molecular formula is C15H25FN2O4S. The molecule has 0 saturated carbocycles. The van der Waals surface area contributed by atoms with Gasteiger partial charge in [0.05, 0.1) is 14.2 Å². The Hall–Kier alpha value is -1.38. The molecule has 0 aromatic heterocycles. The van der Waals surface area contributed by atoms with Crippen molar-refractivity contribution < 1.29 is 22.3 Å². The van der Waals surface area contributed by atoms with Gasteiger partial charge in [0, 0.05) is 25.7 Å². The van der Waals surface area contributed by atoms with Crippen molar-refractivity contribution in [2.45, 2.75) is 17.7 Å². The van der Waals surface area contributed by atoms with Gasteiger partial charge >= 0.3 is 0 Å². The van der Waals surface area contributed by atoms with Gasteiger partial charge in [-0.25, -0.2) is 17.1 Å². The fourth-order valence-corrected chi connectivity index (χ4v) is 3.35. The lowest BCUT2D eigenvalue weighted by Gasteiger charge is -2.19. The molecule has 0 bridgehead atoms. The summed E-state index contributed by atoms with van der Waals surface area (Å²) < 4.78 is 50.4. The zero-order chi connectivity index (χ0) is 17.6. The van der Waals surface area contributed by atoms with Crippen molar-refractivity contribution in [2.24, 2.45) is 0 Å². The SMILES string of the molecule is COc1cc(F)c(S(=O)(=O)N(C)CCCCN(C)C)cc1OC. The highest BCUT2D eigenvalue weighted by molar-refractivity contribution is 7.89. The van der Waals surface area contributed by atoms with E-state index in [1.54, 1.807) is 0 Å². The molecule has 1 aromatic rings. The average Bonchev–Trinajstić information content (AvgIpc) is 2.50. The number of rotatable bonds is 9. The summed E-state index contributed by atoms with van der Waals surface area (Å²) >= 11 is 0. The first-order valence-electron chi connectivity index (χ1n) is 7.26. The Morgan fingerprint density at radius 2 is 1.52 bits per heavy atom. The Kier molecular flexibility index (Phi) is 7.24. The number of ether oxygens (including phenoxy) is 2. The van der Waals surface area contributed by atoms with E-state index in [9.17, 15) is 12.8 Å². The van der Waals surface area contributed by atoms with Crippen LogP contribution >= 0.6 is 0 Å². The second-order valence-corrected chi connectivity index (χ2v) is 7.49. The maximum absolute atomic E-state index is 14.2. The third kappa shape index (κ3) is 5.05. The van der Waals surface area contributed by atoms with E-state index in [2.05, 4.69) is 0 Å². The van der Waals surface area contributed by atoms with Crippen molar-refractivity contribution in [3.8, 4) is 11.5 Å². The summed E-state index contributed by atoms with van der Waals surface area (Å²) in [6, 6.07) is 2.17. The number of halogens is 1. The van der Waals surface area contributed by atoms with E-state index in [4.69, 9.17) is 9.47 Å². The summed E-state index contributed by atoms with van der Waals surface area (Å²) in [5, 5.41) is 0. The van der Waals surface area contributed by atoms with Gasteiger partial charge < -0.3 is 14.4 Å². The fraction of sp³-hybridized carbons (Fsp3) is 0.600. The molecule has 0 N–H and O–H groups in total. The molecule has 1 aromatic carbocycles. The molecule has 0 aliphatic heterocycles. The summed E-state index contributed by atoms with van der Waals surface area (Å²) in [7, 11) is 4.18. The summed E-state index contributed by atoms with van der Waals surface area (Å²) in [6.07, 6.45) is 1.56. The number of benzene rings is 1. The van der Waals surface area contributed by atoms with Gasteiger partial charge in [-0.2, -0.15) is 0 Å². The van der Waals surface area contributed by atoms with Crippen LogP contribution in [0.5, 0.6) is 11.5 Å². The molecule has 0 fully saturated rings. The molecule has 0 spiro atoms. The lowest BCUT2D eigenvalue weighted by atomic mass is 10.3. The monoisotopic (exact) mass is 348 g/mol. The molecule has 23 heavy (non-hydrogen) atoms. The Bertz CT molecular complexity index is 620. The maximum Gasteiger partial charge on any atom is 0.245 e. The summed E-state index contributed by atoms with van der Waals surface area (Å²) in [4.78, 5) is 1.62. The van der Waals surface area contributed by atoms with E-state index < -0.39 is 20.7 Å². The molecule has 0 unspecified atom stereocenters. The van der Waals surface area contributed by atoms with Gasteiger partial charge in [0.2, 0.25) is 10.0 Å². The van der Waals surface area contributed by atoms with Crippen LogP contribution < -0.4 is 9.47 Å². The standard InChI is InChI=1S/C15H25FN2O4S/c1-17(2)8-6-7-9-18(3)23(19,20)15-11-14(22-5)13(21-4)10-12(15)16/h10-11H,6-9H2,1-5H3. The predicted octanol–water partition coefficient (Wildman–Crippen LogP) is 1.81. The van der Waals surface area contributed by atoms with E-state index in [1.807, 2.05) is 19.0 Å². The number of sulfonamides is 1. The van der Waals surface area contributed by atoms with E-state index in [0.717, 1.165) is 29.4 Å². The highest BCUT2D eigenvalue weighted by atomic mass is 32.2. The molecule has 0 radical (unpaired) electrons. The number of nitrogens with zero attached hydrogens (tertiary/aromatic N) is 2. The molecule has 0 atom stereocenters. The van der Waals surface area contributed by atoms with Crippen LogP contribution in [0.2, 0.25) is 0 Å². The second-order valence-electron chi connectivity index (χ2n) is 5.47. The molecule has 0 aliphatic carbocycles. The molecule has 6 nitrogen and oxygen atoms in total. The number of hydrogen-bond acceptors (Lipinski definition) is 5. The largest absolute Gasteiger partial charge is 0.493 e. The third-order valence-corrected chi connectivity index (χ3v) is 5.33. The van der Waals surface area contributed by atoms with E-state index in [1.165, 1.54) is 21.3 Å². The van der Waals surface area contributed by atoms with Crippen LogP contribution in [0, 0.1) is 5.82 Å². The lowest BCUT2D eigenvalue weighted by Crippen LogP contribution is -2.29. The van der Waals surface area contributed by atoms with Crippen molar-refractivity contribution in [3.05, 3.63) is 17.9 Å². The van der Waals surface area contributed by atoms with Crippen molar-refractivity contribution in [3.63, 3.8) is 0 Å². The Morgan fingerprint density at radius 1 is 1.00 bits per heavy atom. The molecule has 8 heteroatoms. The van der Waals surface area contributed by atoms with E-state index in [0.29, 0.717) is 13.0 Å². The summed E-state index contributed by atoms with van der Waals surface area (Å²) in [5.74, 6) is -0.533. The van der Waals surface area contributed by atoms with Crippen molar-refractivity contribution in [1.29, 1.82) is 0 Å². The number of hydrogen-bond donors (Lipinski definition) is 0. The van der Waals surface area contributed by atoms with Gasteiger partial charge in [0.25, 0.3) is 0 Å². The minimum atomic E-state index is -3.92. The van der Waals surface area contributed by atoms with Crippen molar-refractivity contribution >= 4 is 10.0 Å². The second kappa shape index (κ2) is 8.47. The van der Waals surface area contributed by atoms with Crippen molar-refractivity contribution in [2.75, 3.05) is 48.5 Å². The van der Waals surface area contributed by atoms with Gasteiger partial charge in [-0.1, -0.05) is 0 Å². The van der Waals surface area contributed by atoms with E-state index >= 15 is 0 Å². The van der Waals surface area contributed by atoms with Crippen LogP contribution in [0.25, 0.3) is 0 Å². The van der Waals surface area contributed by atoms with Crippen LogP contribution in [0.15, 0.2) is 17.0 Å². The van der Waals surface area contributed by atoms with Crippen molar-refractivity contribution in [1.82, 2.24) is 9.21 Å². The Morgan fingerprint density at radius 3 is 2.04 bits per heavy atom. The van der Waals surface area contributed by atoms with Gasteiger partial charge in [0.1, 0.15) is 10.7 Å². The summed E-state index contributed by atoms with van der Waals surface area (Å²) in [6.45, 7) is 1.20. The Labute approximate surface area is 137 Å². The third-order valence-electron chi connectivity index (χ3n) is 3.45. The van der Waals surface area contributed by atoms with Gasteiger partial charge in [-0.15, -0.1) is 0 Å². The Balaban J connectivity index is 2.94. The van der Waals surface area contributed by atoms with Gasteiger partial charge in [-0.3, -0.25) is 0 Å². The lowest BCUT2D eigenvalue weighted by molar-refractivity contribution is 0.349. The minimum Gasteiger partial charge on any atom is -0.493 e. The zero-order valence-electron chi connectivity index (χ0n) is 14.3. The van der Waals surface area contributed by atoms with Gasteiger partial charge in [0.15, 0.2) is 11.5 Å². The molecule has 1 rings (SSSR count). The topological polar surface area (TPSA) is 59.1 Å². The average molecular weight is 348 g/mol. The molecule has 0 saturated heterocycles. The van der Waals surface area contributed by atoms with Crippen LogP contribution in [-0.2, 0) is 10.0 Å². The normalized spacial score (nSPS) is 12.0. The molecule has 0 heterocycles. The quantitative estimate of drug-likeness (QED) is 0.637. The molecule has 0 amide bonds. The molecule has 132 valence electrons. The fourth-order valence-electron chi connectivity index (χ4n) is 2.08. The molecule has 0 aliphatic rings. The van der Waals surface area contributed by atoms with Crippen LogP contribution in [0.4, 0.5) is 4.39 Å². The first-order chi connectivity index (χ1) is 10.7. The van der Waals surface area contributed by atoms with E-state index in [-0.39, 0.29) is 11.5 Å². The summed E-state index contributed by atoms with van der Waals surface area (Å²) in [5.41, 5.74) is 0. The first-order valence-corrected chi connectivity index (χ1v) is 8.70. The highest BCUT2D eigenvalue weighted by Crippen LogP contribution is 2.32. The highest BCUT2D eigenvalue weighted by Gasteiger charge is 2.26. The van der Waals surface area contributed by atoms with Crippen LogP contribution in [0.1, 0.15) is 12.8 Å². The first kappa shape index (κ1) is 19.7.